The van der Waals surface area contributed by atoms with Crippen molar-refractivity contribution in [3.05, 3.63) is 29.8 Å². The molecule has 86 valence electrons. The second-order valence-electron chi connectivity index (χ2n) is 3.11. The maximum Gasteiger partial charge on any atom is 0.307 e. The molecule has 1 aromatic rings. The number of carboxylic acids is 1. The highest BCUT2D eigenvalue weighted by atomic mass is 16.5. The number of hydrogen-bond acceptors (Lipinski definition) is 3. The third kappa shape index (κ3) is 3.31. The molecule has 1 rings (SSSR count). The Morgan fingerprint density at radius 1 is 1.31 bits per heavy atom. The molecule has 0 saturated heterocycles. The third-order valence-electron chi connectivity index (χ3n) is 2.01. The quantitative estimate of drug-likeness (QED) is 0.829. The summed E-state index contributed by atoms with van der Waals surface area (Å²) in [5, 5.41) is 8.48. The van der Waals surface area contributed by atoms with Gasteiger partial charge in [-0.25, -0.2) is 0 Å². The molecule has 0 spiro atoms. The van der Waals surface area contributed by atoms with Gasteiger partial charge in [0.05, 0.1) is 20.6 Å². The van der Waals surface area contributed by atoms with E-state index in [-0.39, 0.29) is 6.42 Å². The molecule has 4 nitrogen and oxygen atoms in total. The summed E-state index contributed by atoms with van der Waals surface area (Å²) in [5.41, 5.74) is 0.874. The van der Waals surface area contributed by atoms with E-state index in [1.165, 1.54) is 0 Å². The topological polar surface area (TPSA) is 55.8 Å². The fourth-order valence-electron chi connectivity index (χ4n) is 1.25. The molecule has 0 aromatic heterocycles. The van der Waals surface area contributed by atoms with Crippen LogP contribution in [0.25, 0.3) is 6.08 Å². The molecule has 0 bridgehead atoms. The van der Waals surface area contributed by atoms with Crippen LogP contribution in [0.1, 0.15) is 12.0 Å². The molecule has 0 radical (unpaired) electrons. The Labute approximate surface area is 94.1 Å². The Balaban J connectivity index is 2.82. The second-order valence-corrected chi connectivity index (χ2v) is 3.11. The van der Waals surface area contributed by atoms with E-state index in [4.69, 9.17) is 14.6 Å². The summed E-state index contributed by atoms with van der Waals surface area (Å²) < 4.78 is 10.2. The molecule has 0 unspecified atom stereocenters. The van der Waals surface area contributed by atoms with Gasteiger partial charge in [-0.2, -0.15) is 0 Å². The zero-order valence-electron chi connectivity index (χ0n) is 9.27. The monoisotopic (exact) mass is 222 g/mol. The standard InChI is InChI=1S/C12H14O4/c1-15-10-7-6-9(8-11(10)16-2)4-3-5-12(13)14/h3-4,6-8H,5H2,1-2H3,(H,13,14)/b4-3+. The molecule has 0 aliphatic heterocycles. The number of aliphatic carboxylic acids is 1. The normalized spacial score (nSPS) is 10.4. The Kier molecular flexibility index (Phi) is 4.39. The highest BCUT2D eigenvalue weighted by Gasteiger charge is 2.02. The van der Waals surface area contributed by atoms with E-state index < -0.39 is 5.97 Å². The van der Waals surface area contributed by atoms with Gasteiger partial charge >= 0.3 is 5.97 Å². The maximum atomic E-state index is 10.3. The molecule has 0 heterocycles. The number of benzene rings is 1. The van der Waals surface area contributed by atoms with Crippen LogP contribution in [0.2, 0.25) is 0 Å². The average Bonchev–Trinajstić information content (AvgIpc) is 2.28. The molecule has 4 heteroatoms. The van der Waals surface area contributed by atoms with E-state index in [1.54, 1.807) is 38.5 Å². The molecule has 0 fully saturated rings. The average molecular weight is 222 g/mol. The summed E-state index contributed by atoms with van der Waals surface area (Å²) >= 11 is 0. The summed E-state index contributed by atoms with van der Waals surface area (Å²) in [7, 11) is 3.13. The number of methoxy groups -OCH3 is 2. The lowest BCUT2D eigenvalue weighted by atomic mass is 10.2. The number of rotatable bonds is 5. The molecule has 0 saturated carbocycles. The molecule has 0 atom stereocenters. The first-order chi connectivity index (χ1) is 7.67. The fraction of sp³-hybridized carbons (Fsp3) is 0.250. The molecule has 0 aliphatic carbocycles. The van der Waals surface area contributed by atoms with Crippen molar-refractivity contribution in [3.63, 3.8) is 0 Å². The van der Waals surface area contributed by atoms with Gasteiger partial charge in [0.25, 0.3) is 0 Å². The van der Waals surface area contributed by atoms with Crippen molar-refractivity contribution in [2.75, 3.05) is 14.2 Å². The Hall–Kier alpha value is -1.97. The zero-order valence-corrected chi connectivity index (χ0v) is 9.27. The number of carboxylic acid groups (broad SMARTS) is 1. The van der Waals surface area contributed by atoms with Crippen LogP contribution in [0.4, 0.5) is 0 Å². The lowest BCUT2D eigenvalue weighted by Gasteiger charge is -2.07. The largest absolute Gasteiger partial charge is 0.493 e. The van der Waals surface area contributed by atoms with Gasteiger partial charge in [0.2, 0.25) is 0 Å². The smallest absolute Gasteiger partial charge is 0.307 e. The van der Waals surface area contributed by atoms with Crippen molar-refractivity contribution in [1.82, 2.24) is 0 Å². The first kappa shape index (κ1) is 12.1. The highest BCUT2D eigenvalue weighted by Crippen LogP contribution is 2.27. The van der Waals surface area contributed by atoms with Gasteiger partial charge in [-0.1, -0.05) is 18.2 Å². The lowest BCUT2D eigenvalue weighted by Crippen LogP contribution is -1.91. The summed E-state index contributed by atoms with van der Waals surface area (Å²) in [5.74, 6) is 0.426. The van der Waals surface area contributed by atoms with Crippen LogP contribution in [0.5, 0.6) is 11.5 Å². The lowest BCUT2D eigenvalue weighted by molar-refractivity contribution is -0.135. The number of ether oxygens (including phenoxy) is 2. The first-order valence-electron chi connectivity index (χ1n) is 4.77. The molecule has 0 amide bonds. The molecular weight excluding hydrogens is 208 g/mol. The van der Waals surface area contributed by atoms with Crippen LogP contribution >= 0.6 is 0 Å². The fourth-order valence-corrected chi connectivity index (χ4v) is 1.25. The van der Waals surface area contributed by atoms with E-state index in [2.05, 4.69) is 0 Å². The molecule has 1 N–H and O–H groups in total. The maximum absolute atomic E-state index is 10.3. The minimum atomic E-state index is -0.850. The Morgan fingerprint density at radius 3 is 2.56 bits per heavy atom. The summed E-state index contributed by atoms with van der Waals surface area (Å²) in [6, 6.07) is 5.40. The summed E-state index contributed by atoms with van der Waals surface area (Å²) in [4.78, 5) is 10.3. The van der Waals surface area contributed by atoms with Crippen molar-refractivity contribution < 1.29 is 19.4 Å². The van der Waals surface area contributed by atoms with Crippen molar-refractivity contribution in [2.45, 2.75) is 6.42 Å². The van der Waals surface area contributed by atoms with E-state index >= 15 is 0 Å². The van der Waals surface area contributed by atoms with Crippen LogP contribution < -0.4 is 9.47 Å². The van der Waals surface area contributed by atoms with Gasteiger partial charge in [0, 0.05) is 0 Å². The first-order valence-corrected chi connectivity index (χ1v) is 4.77. The van der Waals surface area contributed by atoms with E-state index in [1.807, 2.05) is 6.07 Å². The van der Waals surface area contributed by atoms with Crippen molar-refractivity contribution >= 4 is 12.0 Å². The molecule has 1 aromatic carbocycles. The van der Waals surface area contributed by atoms with Crippen LogP contribution in [0.15, 0.2) is 24.3 Å². The van der Waals surface area contributed by atoms with Crippen LogP contribution in [0, 0.1) is 0 Å². The van der Waals surface area contributed by atoms with Gasteiger partial charge in [-0.15, -0.1) is 0 Å². The van der Waals surface area contributed by atoms with Gasteiger partial charge in [-0.3, -0.25) is 4.79 Å². The minimum Gasteiger partial charge on any atom is -0.493 e. The number of hydrogen-bond donors (Lipinski definition) is 1. The van der Waals surface area contributed by atoms with Crippen molar-refractivity contribution in [2.24, 2.45) is 0 Å². The molecule has 16 heavy (non-hydrogen) atoms. The highest BCUT2D eigenvalue weighted by molar-refractivity contribution is 5.70. The molecular formula is C12H14O4. The van der Waals surface area contributed by atoms with Crippen LogP contribution in [0.3, 0.4) is 0 Å². The van der Waals surface area contributed by atoms with Gasteiger partial charge < -0.3 is 14.6 Å². The van der Waals surface area contributed by atoms with E-state index in [9.17, 15) is 4.79 Å². The van der Waals surface area contributed by atoms with E-state index in [0.717, 1.165) is 5.56 Å². The van der Waals surface area contributed by atoms with Gasteiger partial charge in [0.1, 0.15) is 0 Å². The number of carbonyl (C=O) groups is 1. The molecule has 0 aliphatic rings. The van der Waals surface area contributed by atoms with Gasteiger partial charge in [-0.05, 0) is 17.7 Å². The predicted molar refractivity (Wildman–Crippen MR) is 60.8 cm³/mol. The predicted octanol–water partition coefficient (Wildman–Crippen LogP) is 2.19. The van der Waals surface area contributed by atoms with Crippen LogP contribution in [-0.4, -0.2) is 25.3 Å². The van der Waals surface area contributed by atoms with Gasteiger partial charge in [0.15, 0.2) is 11.5 Å². The SMILES string of the molecule is COc1ccc(/C=C/CC(=O)O)cc1OC. The Morgan fingerprint density at radius 2 is 2.00 bits per heavy atom. The second kappa shape index (κ2) is 5.80. The van der Waals surface area contributed by atoms with Crippen LogP contribution in [-0.2, 0) is 4.79 Å². The minimum absolute atomic E-state index is 0.00828. The zero-order chi connectivity index (χ0) is 12.0. The third-order valence-corrected chi connectivity index (χ3v) is 2.01. The van der Waals surface area contributed by atoms with Crippen molar-refractivity contribution in [3.8, 4) is 11.5 Å². The Bertz CT molecular complexity index is 396. The summed E-state index contributed by atoms with van der Waals surface area (Å²) in [6.45, 7) is 0. The summed E-state index contributed by atoms with van der Waals surface area (Å²) in [6.07, 6.45) is 3.33. The van der Waals surface area contributed by atoms with Crippen molar-refractivity contribution in [1.29, 1.82) is 0 Å². The van der Waals surface area contributed by atoms with E-state index in [0.29, 0.717) is 11.5 Å².